The molecule has 5 aliphatic heterocycles. The summed E-state index contributed by atoms with van der Waals surface area (Å²) in [5.41, 5.74) is 0.289. The number of methoxy groups -OCH3 is 2. The van der Waals surface area contributed by atoms with Crippen molar-refractivity contribution in [3.8, 4) is 0 Å². The predicted molar refractivity (Wildman–Crippen MR) is 187 cm³/mol. The topological polar surface area (TPSA) is 161 Å². The summed E-state index contributed by atoms with van der Waals surface area (Å²) in [5, 5.41) is 33.5. The summed E-state index contributed by atoms with van der Waals surface area (Å²) in [5.74, 6) is -1.70. The van der Waals surface area contributed by atoms with Gasteiger partial charge in [-0.25, -0.2) is 0 Å². The highest BCUT2D eigenvalue weighted by molar-refractivity contribution is 5.78. The summed E-state index contributed by atoms with van der Waals surface area (Å²) in [7, 11) is 3.21. The van der Waals surface area contributed by atoms with E-state index >= 15 is 0 Å². The Hall–Kier alpha value is -2.01. The number of hydrogen-bond acceptors (Lipinski definition) is 13. The van der Waals surface area contributed by atoms with Crippen LogP contribution in [-0.4, -0.2) is 134 Å². The Morgan fingerprint density at radius 2 is 1.60 bits per heavy atom. The van der Waals surface area contributed by atoms with Gasteiger partial charge in [0.15, 0.2) is 12.6 Å². The number of hydrogen-bond donors (Lipinski definition) is 3. The molecule has 3 N–H and O–H groups in total. The number of carbonyl (C=O) groups excluding carboxylic acids is 1. The van der Waals surface area contributed by atoms with Crippen molar-refractivity contribution in [2.24, 2.45) is 11.8 Å². The molecule has 16 atom stereocenters. The lowest BCUT2D eigenvalue weighted by Gasteiger charge is -2.44. The average Bonchev–Trinajstić information content (AvgIpc) is 3.46. The molecule has 3 unspecified atom stereocenters. The normalized spacial score (nSPS) is 47.7. The lowest BCUT2D eigenvalue weighted by Crippen LogP contribution is -2.57. The standard InChI is InChI=1S/C39H58O13/c1-20-9-8-10-25-19-47-37-33(40)22(3)15-28(39(25,37)43)38(42)50-27-13-14-46-26(16-27)12-11-21(2)35(20)51-32-18-30(45-7)36(24(5)49-32)52-31-17-29(44-6)34(41)23(4)48-31/h8-11,15,20,23-24,26-37,40-41,43H,12-14,16-19H2,1-7H3/b9-8+,21-11+,25-10?/t20-,23-,24-,26+,27+,28-,29-,30-,31?,32-,33+,34-,35?,36-,37+,39?/m0/s1. The number of rotatable bonds is 6. The van der Waals surface area contributed by atoms with Crippen molar-refractivity contribution in [1.82, 2.24) is 0 Å². The second-order valence-corrected chi connectivity index (χ2v) is 15.3. The average molecular weight is 735 g/mol. The second-order valence-electron chi connectivity index (χ2n) is 15.3. The molecule has 1 aliphatic carbocycles. The third-order valence-electron chi connectivity index (χ3n) is 11.7. The van der Waals surface area contributed by atoms with Crippen LogP contribution in [-0.2, 0) is 47.4 Å². The maximum atomic E-state index is 13.7. The zero-order valence-electron chi connectivity index (χ0n) is 31.4. The predicted octanol–water partition coefficient (Wildman–Crippen LogP) is 3.04. The molecule has 0 spiro atoms. The van der Waals surface area contributed by atoms with E-state index in [0.717, 1.165) is 5.57 Å². The Labute approximate surface area is 306 Å². The lowest BCUT2D eigenvalue weighted by molar-refractivity contribution is -0.318. The van der Waals surface area contributed by atoms with Crippen LogP contribution in [0.3, 0.4) is 0 Å². The van der Waals surface area contributed by atoms with Crippen molar-refractivity contribution in [3.63, 3.8) is 0 Å². The van der Waals surface area contributed by atoms with Crippen LogP contribution in [0, 0.1) is 11.8 Å². The number of aliphatic hydroxyl groups is 3. The van der Waals surface area contributed by atoms with Crippen molar-refractivity contribution in [1.29, 1.82) is 0 Å². The maximum absolute atomic E-state index is 13.7. The van der Waals surface area contributed by atoms with Crippen molar-refractivity contribution in [2.75, 3.05) is 27.4 Å². The molecule has 6 rings (SSSR count). The van der Waals surface area contributed by atoms with Gasteiger partial charge in [-0.2, -0.15) is 0 Å². The van der Waals surface area contributed by atoms with Crippen molar-refractivity contribution in [3.05, 3.63) is 47.1 Å². The van der Waals surface area contributed by atoms with Crippen LogP contribution in [0.5, 0.6) is 0 Å². The highest BCUT2D eigenvalue weighted by Gasteiger charge is 2.59. The van der Waals surface area contributed by atoms with Gasteiger partial charge >= 0.3 is 5.97 Å². The Morgan fingerprint density at radius 1 is 0.885 bits per heavy atom. The lowest BCUT2D eigenvalue weighted by atomic mass is 9.71. The Balaban J connectivity index is 1.23. The number of fused-ring (bicyclic) bond motifs is 2. The third kappa shape index (κ3) is 8.16. The van der Waals surface area contributed by atoms with E-state index in [-0.39, 0.29) is 36.9 Å². The SMILES string of the molecule is CO[C@H]1CC(O[C@H]2[C@H](C)O[C@@H](OC3/C(C)=C/C[C@@H]4C[C@@H](CCO4)OC(=O)[C@@H]4C=C(C)[C@@H](O)[C@H]5OCC(=C/C=C/[C@@H]3C)C54O)C[C@@H]2OC)O[C@@H](C)[C@@H]1O. The zero-order valence-corrected chi connectivity index (χ0v) is 31.4. The van der Waals surface area contributed by atoms with E-state index in [1.165, 1.54) is 0 Å². The first kappa shape index (κ1) is 39.7. The molecule has 5 heterocycles. The molecular formula is C39H58O13. The van der Waals surface area contributed by atoms with Gasteiger partial charge in [0, 0.05) is 45.8 Å². The van der Waals surface area contributed by atoms with Gasteiger partial charge in [0.2, 0.25) is 0 Å². The quantitative estimate of drug-likeness (QED) is 0.270. The minimum absolute atomic E-state index is 0.0625. The first-order valence-corrected chi connectivity index (χ1v) is 18.8. The molecule has 292 valence electrons. The van der Waals surface area contributed by atoms with Crippen LogP contribution in [0.15, 0.2) is 47.1 Å². The molecule has 0 aromatic rings. The molecule has 13 heteroatoms. The number of allylic oxidation sites excluding steroid dienone is 2. The van der Waals surface area contributed by atoms with Crippen LogP contribution in [0.2, 0.25) is 0 Å². The smallest absolute Gasteiger partial charge is 0.316 e. The van der Waals surface area contributed by atoms with Crippen LogP contribution >= 0.6 is 0 Å². The van der Waals surface area contributed by atoms with Gasteiger partial charge in [0.25, 0.3) is 0 Å². The van der Waals surface area contributed by atoms with E-state index in [0.29, 0.717) is 49.9 Å². The van der Waals surface area contributed by atoms with Crippen LogP contribution in [0.1, 0.15) is 66.7 Å². The summed E-state index contributed by atoms with van der Waals surface area (Å²) < 4.78 is 55.0. The molecule has 6 aliphatic rings. The van der Waals surface area contributed by atoms with E-state index in [9.17, 15) is 20.1 Å². The number of carbonyl (C=O) groups is 1. The Bertz CT molecular complexity index is 1380. The number of aliphatic hydroxyl groups excluding tert-OH is 2. The molecule has 0 saturated carbocycles. The minimum Gasteiger partial charge on any atom is -0.462 e. The summed E-state index contributed by atoms with van der Waals surface area (Å²) in [6, 6.07) is 0. The third-order valence-corrected chi connectivity index (χ3v) is 11.7. The van der Waals surface area contributed by atoms with Gasteiger partial charge in [-0.05, 0) is 50.8 Å². The minimum atomic E-state index is -1.76. The summed E-state index contributed by atoms with van der Waals surface area (Å²) in [6.45, 7) is 10.1. The monoisotopic (exact) mass is 734 g/mol. The molecular weight excluding hydrogens is 676 g/mol. The van der Waals surface area contributed by atoms with Gasteiger partial charge in [-0.1, -0.05) is 37.3 Å². The van der Waals surface area contributed by atoms with Crippen LogP contribution in [0.4, 0.5) is 0 Å². The Kier molecular flexibility index (Phi) is 12.8. The fraction of sp³-hybridized carbons (Fsp3) is 0.769. The summed E-state index contributed by atoms with van der Waals surface area (Å²) in [4.78, 5) is 13.7. The molecule has 4 saturated heterocycles. The molecule has 4 fully saturated rings. The first-order chi connectivity index (χ1) is 24.8. The van der Waals surface area contributed by atoms with Gasteiger partial charge in [-0.3, -0.25) is 4.79 Å². The van der Waals surface area contributed by atoms with E-state index in [4.69, 9.17) is 42.6 Å². The highest BCUT2D eigenvalue weighted by Crippen LogP contribution is 2.46. The summed E-state index contributed by atoms with van der Waals surface area (Å²) in [6.07, 6.45) is 4.85. The van der Waals surface area contributed by atoms with E-state index < -0.39 is 72.8 Å². The fourth-order valence-electron chi connectivity index (χ4n) is 8.54. The van der Waals surface area contributed by atoms with Crippen molar-refractivity contribution in [2.45, 2.75) is 152 Å². The molecule has 0 aromatic carbocycles. The first-order valence-electron chi connectivity index (χ1n) is 18.8. The zero-order chi connectivity index (χ0) is 37.3. The summed E-state index contributed by atoms with van der Waals surface area (Å²) >= 11 is 0. The molecule has 2 bridgehead atoms. The molecule has 52 heavy (non-hydrogen) atoms. The number of ether oxygens (including phenoxy) is 9. The maximum Gasteiger partial charge on any atom is 0.316 e. The van der Waals surface area contributed by atoms with Crippen molar-refractivity contribution >= 4 is 5.97 Å². The second kappa shape index (κ2) is 16.8. The van der Waals surface area contributed by atoms with E-state index in [1.54, 1.807) is 40.2 Å². The van der Waals surface area contributed by atoms with Crippen LogP contribution in [0.25, 0.3) is 0 Å². The molecule has 0 radical (unpaired) electrons. The van der Waals surface area contributed by atoms with Gasteiger partial charge < -0.3 is 58.0 Å². The van der Waals surface area contributed by atoms with Gasteiger partial charge in [0.1, 0.15) is 42.0 Å². The fourth-order valence-corrected chi connectivity index (χ4v) is 8.54. The van der Waals surface area contributed by atoms with Gasteiger partial charge in [0.05, 0.1) is 49.8 Å². The largest absolute Gasteiger partial charge is 0.462 e. The molecule has 0 aromatic heterocycles. The number of esters is 1. The Morgan fingerprint density at radius 3 is 2.35 bits per heavy atom. The highest BCUT2D eigenvalue weighted by atomic mass is 16.7. The van der Waals surface area contributed by atoms with E-state index in [1.807, 2.05) is 26.0 Å². The van der Waals surface area contributed by atoms with Crippen molar-refractivity contribution < 1.29 is 62.7 Å². The van der Waals surface area contributed by atoms with Crippen LogP contribution < -0.4 is 0 Å². The van der Waals surface area contributed by atoms with Gasteiger partial charge in [-0.15, -0.1) is 0 Å². The molecule has 13 nitrogen and oxygen atoms in total. The van der Waals surface area contributed by atoms with E-state index in [2.05, 4.69) is 13.0 Å². The molecule has 0 amide bonds.